The monoisotopic (exact) mass is 238 g/mol. The van der Waals surface area contributed by atoms with E-state index in [-0.39, 0.29) is 5.41 Å². The molecule has 0 unspecified atom stereocenters. The van der Waals surface area contributed by atoms with Crippen LogP contribution >= 0.6 is 0 Å². The Labute approximate surface area is 103 Å². The van der Waals surface area contributed by atoms with Crippen molar-refractivity contribution in [3.05, 3.63) is 11.6 Å². The van der Waals surface area contributed by atoms with E-state index in [1.165, 1.54) is 6.42 Å². The molecule has 0 aromatic carbocycles. The highest BCUT2D eigenvalue weighted by molar-refractivity contribution is 5.46. The Hall–Kier alpha value is -0.380. The van der Waals surface area contributed by atoms with Gasteiger partial charge in [0.15, 0.2) is 0 Å². The SMILES string of the molecule is CC1(C)COC2(C=C2C2(O)CCCCC2)OC1. The van der Waals surface area contributed by atoms with Gasteiger partial charge >= 0.3 is 0 Å². The maximum atomic E-state index is 10.6. The lowest BCUT2D eigenvalue weighted by Crippen LogP contribution is -2.45. The van der Waals surface area contributed by atoms with Crippen LogP contribution in [-0.2, 0) is 9.47 Å². The average Bonchev–Trinajstić information content (AvgIpc) is 3.01. The van der Waals surface area contributed by atoms with Crippen molar-refractivity contribution in [3.8, 4) is 0 Å². The molecule has 3 rings (SSSR count). The predicted molar refractivity (Wildman–Crippen MR) is 64.5 cm³/mol. The van der Waals surface area contributed by atoms with Crippen LogP contribution in [0.1, 0.15) is 46.0 Å². The molecule has 1 spiro atoms. The van der Waals surface area contributed by atoms with Crippen molar-refractivity contribution in [3.63, 3.8) is 0 Å². The molecule has 3 nitrogen and oxygen atoms in total. The van der Waals surface area contributed by atoms with Crippen molar-refractivity contribution < 1.29 is 14.6 Å². The first kappa shape index (κ1) is 11.7. The van der Waals surface area contributed by atoms with Gasteiger partial charge in [-0.05, 0) is 18.9 Å². The Morgan fingerprint density at radius 2 is 1.65 bits per heavy atom. The number of hydrogen-bond acceptors (Lipinski definition) is 3. The third-order valence-corrected chi connectivity index (χ3v) is 4.16. The van der Waals surface area contributed by atoms with Gasteiger partial charge in [-0.3, -0.25) is 0 Å². The molecular weight excluding hydrogens is 216 g/mol. The summed E-state index contributed by atoms with van der Waals surface area (Å²) in [6.07, 6.45) is 7.14. The summed E-state index contributed by atoms with van der Waals surface area (Å²) in [4.78, 5) is 0. The zero-order valence-corrected chi connectivity index (χ0v) is 10.8. The van der Waals surface area contributed by atoms with Gasteiger partial charge < -0.3 is 14.6 Å². The van der Waals surface area contributed by atoms with E-state index in [0.29, 0.717) is 13.2 Å². The van der Waals surface area contributed by atoms with Crippen molar-refractivity contribution >= 4 is 0 Å². The van der Waals surface area contributed by atoms with Gasteiger partial charge in [-0.2, -0.15) is 0 Å². The molecule has 0 aromatic heterocycles. The van der Waals surface area contributed by atoms with E-state index in [1.54, 1.807) is 0 Å². The second kappa shape index (κ2) is 3.56. The third-order valence-electron chi connectivity index (χ3n) is 4.16. The number of ether oxygens (including phenoxy) is 2. The Bertz CT molecular complexity index is 340. The third kappa shape index (κ3) is 1.94. The highest BCUT2D eigenvalue weighted by Gasteiger charge is 2.59. The fourth-order valence-electron chi connectivity index (χ4n) is 2.95. The van der Waals surface area contributed by atoms with Gasteiger partial charge in [-0.1, -0.05) is 33.1 Å². The van der Waals surface area contributed by atoms with E-state index in [2.05, 4.69) is 13.8 Å². The molecule has 1 saturated heterocycles. The van der Waals surface area contributed by atoms with Crippen LogP contribution in [0.2, 0.25) is 0 Å². The summed E-state index contributed by atoms with van der Waals surface area (Å²) < 4.78 is 11.7. The van der Waals surface area contributed by atoms with Gasteiger partial charge in [0, 0.05) is 11.0 Å². The minimum Gasteiger partial charge on any atom is -0.385 e. The van der Waals surface area contributed by atoms with Crippen LogP contribution in [0.4, 0.5) is 0 Å². The fourth-order valence-corrected chi connectivity index (χ4v) is 2.95. The molecule has 96 valence electrons. The van der Waals surface area contributed by atoms with Gasteiger partial charge in [0.25, 0.3) is 0 Å². The van der Waals surface area contributed by atoms with E-state index in [1.807, 2.05) is 6.08 Å². The Kier molecular flexibility index (Phi) is 2.45. The summed E-state index contributed by atoms with van der Waals surface area (Å²) in [5.74, 6) is -0.637. The molecule has 0 aromatic rings. The Morgan fingerprint density at radius 1 is 1.06 bits per heavy atom. The molecule has 1 saturated carbocycles. The number of rotatable bonds is 1. The Morgan fingerprint density at radius 3 is 2.24 bits per heavy atom. The van der Waals surface area contributed by atoms with E-state index in [0.717, 1.165) is 31.3 Å². The maximum Gasteiger partial charge on any atom is 0.214 e. The van der Waals surface area contributed by atoms with Crippen molar-refractivity contribution in [1.29, 1.82) is 0 Å². The van der Waals surface area contributed by atoms with Gasteiger partial charge in [0.1, 0.15) is 0 Å². The molecule has 1 aliphatic heterocycles. The highest BCUT2D eigenvalue weighted by atomic mass is 16.7. The van der Waals surface area contributed by atoms with Gasteiger partial charge in [0.05, 0.1) is 18.8 Å². The van der Waals surface area contributed by atoms with E-state index in [4.69, 9.17) is 9.47 Å². The summed E-state index contributed by atoms with van der Waals surface area (Å²) in [5.41, 5.74) is 0.419. The molecule has 17 heavy (non-hydrogen) atoms. The molecule has 0 amide bonds. The first-order chi connectivity index (χ1) is 7.96. The topological polar surface area (TPSA) is 38.7 Å². The summed E-state index contributed by atoms with van der Waals surface area (Å²) in [6.45, 7) is 5.67. The fraction of sp³-hybridized carbons (Fsp3) is 0.857. The predicted octanol–water partition coefficient (Wildman–Crippen LogP) is 2.39. The maximum absolute atomic E-state index is 10.6. The molecule has 2 fully saturated rings. The lowest BCUT2D eigenvalue weighted by Gasteiger charge is -2.39. The molecule has 3 heteroatoms. The number of hydrogen-bond donors (Lipinski definition) is 1. The minimum atomic E-state index is -0.653. The lowest BCUT2D eigenvalue weighted by molar-refractivity contribution is -0.236. The largest absolute Gasteiger partial charge is 0.385 e. The molecule has 0 radical (unpaired) electrons. The van der Waals surface area contributed by atoms with Gasteiger partial charge in [-0.25, -0.2) is 0 Å². The second-order valence-electron chi connectivity index (χ2n) is 6.56. The van der Waals surface area contributed by atoms with Crippen LogP contribution in [0.3, 0.4) is 0 Å². The minimum absolute atomic E-state index is 0.0853. The van der Waals surface area contributed by atoms with Gasteiger partial charge in [0.2, 0.25) is 5.79 Å². The summed E-state index contributed by atoms with van der Waals surface area (Å²) in [5, 5.41) is 10.6. The smallest absolute Gasteiger partial charge is 0.214 e. The van der Waals surface area contributed by atoms with Crippen LogP contribution < -0.4 is 0 Å². The van der Waals surface area contributed by atoms with Crippen molar-refractivity contribution in [1.82, 2.24) is 0 Å². The normalized spacial score (nSPS) is 33.2. The molecule has 3 aliphatic rings. The molecule has 1 heterocycles. The van der Waals surface area contributed by atoms with E-state index in [9.17, 15) is 5.11 Å². The highest BCUT2D eigenvalue weighted by Crippen LogP contribution is 2.53. The zero-order valence-electron chi connectivity index (χ0n) is 10.8. The standard InChI is InChI=1S/C14H22O3/c1-12(2)9-16-14(17-10-12)8-11(14)13(15)6-4-3-5-7-13/h8,15H,3-7,9-10H2,1-2H3. The summed E-state index contributed by atoms with van der Waals surface area (Å²) in [7, 11) is 0. The van der Waals surface area contributed by atoms with Crippen LogP contribution in [0.15, 0.2) is 11.6 Å². The van der Waals surface area contributed by atoms with Crippen molar-refractivity contribution in [2.24, 2.45) is 5.41 Å². The molecule has 2 aliphatic carbocycles. The van der Waals surface area contributed by atoms with Crippen LogP contribution in [0, 0.1) is 5.41 Å². The van der Waals surface area contributed by atoms with Crippen molar-refractivity contribution in [2.45, 2.75) is 57.3 Å². The quantitative estimate of drug-likeness (QED) is 0.713. The van der Waals surface area contributed by atoms with Crippen LogP contribution in [0.5, 0.6) is 0 Å². The molecule has 0 bridgehead atoms. The molecular formula is C14H22O3. The van der Waals surface area contributed by atoms with Crippen LogP contribution in [-0.4, -0.2) is 29.7 Å². The first-order valence-corrected chi connectivity index (χ1v) is 6.70. The zero-order chi connectivity index (χ0) is 12.1. The van der Waals surface area contributed by atoms with Gasteiger partial charge in [-0.15, -0.1) is 0 Å². The molecule has 0 atom stereocenters. The summed E-state index contributed by atoms with van der Waals surface area (Å²) >= 11 is 0. The second-order valence-corrected chi connectivity index (χ2v) is 6.56. The Balaban J connectivity index is 1.67. The van der Waals surface area contributed by atoms with Crippen molar-refractivity contribution in [2.75, 3.05) is 13.2 Å². The lowest BCUT2D eigenvalue weighted by atomic mass is 9.82. The first-order valence-electron chi connectivity index (χ1n) is 6.70. The summed E-state index contributed by atoms with van der Waals surface area (Å²) in [6, 6.07) is 0. The number of aliphatic hydroxyl groups is 1. The van der Waals surface area contributed by atoms with Crippen LogP contribution in [0.25, 0.3) is 0 Å². The molecule has 1 N–H and O–H groups in total. The van der Waals surface area contributed by atoms with E-state index < -0.39 is 11.4 Å². The average molecular weight is 238 g/mol. The van der Waals surface area contributed by atoms with E-state index >= 15 is 0 Å².